The molecule has 0 amide bonds. The number of nitrogens with one attached hydrogen (secondary N) is 2. The van der Waals surface area contributed by atoms with Crippen molar-refractivity contribution >= 4 is 16.0 Å². The second kappa shape index (κ2) is 4.84. The molecule has 3 N–H and O–H groups in total. The highest BCUT2D eigenvalue weighted by Gasteiger charge is 2.37. The Hall–Kier alpha value is -1.41. The van der Waals surface area contributed by atoms with Crippen molar-refractivity contribution in [2.75, 3.05) is 0 Å². The number of H-pyrrole nitrogens is 1. The van der Waals surface area contributed by atoms with Gasteiger partial charge in [-0.05, 0) is 13.3 Å². The van der Waals surface area contributed by atoms with Crippen LogP contribution in [0.2, 0.25) is 0 Å². The fourth-order valence-electron chi connectivity index (χ4n) is 1.44. The molecular formula is C9H15N3O4S. The highest BCUT2D eigenvalue weighted by Crippen LogP contribution is 2.16. The number of carbonyl (C=O) groups is 1. The van der Waals surface area contributed by atoms with Gasteiger partial charge in [0.2, 0.25) is 0 Å². The molecular weight excluding hydrogens is 246 g/mol. The number of hydrogen-bond acceptors (Lipinski definition) is 4. The van der Waals surface area contributed by atoms with E-state index in [0.717, 1.165) is 6.20 Å². The maximum atomic E-state index is 11.8. The summed E-state index contributed by atoms with van der Waals surface area (Å²) in [5.74, 6) is -1.21. The zero-order valence-corrected chi connectivity index (χ0v) is 10.4. The number of aromatic amines is 1. The van der Waals surface area contributed by atoms with Crippen LogP contribution >= 0.6 is 0 Å². The van der Waals surface area contributed by atoms with Crippen LogP contribution in [0.25, 0.3) is 0 Å². The van der Waals surface area contributed by atoms with E-state index in [0.29, 0.717) is 6.42 Å². The molecule has 0 radical (unpaired) electrons. The second-order valence-electron chi connectivity index (χ2n) is 3.91. The molecule has 0 saturated carbocycles. The third kappa shape index (κ3) is 3.04. The highest BCUT2D eigenvalue weighted by atomic mass is 32.2. The van der Waals surface area contributed by atoms with E-state index in [9.17, 15) is 13.2 Å². The SMILES string of the molecule is CCCC(C)(NS(=O)(=O)c1cnc[nH]1)C(=O)O. The quantitative estimate of drug-likeness (QED) is 0.683. The summed E-state index contributed by atoms with van der Waals surface area (Å²) < 4.78 is 25.9. The van der Waals surface area contributed by atoms with E-state index in [1.54, 1.807) is 6.92 Å². The standard InChI is InChI=1S/C9H15N3O4S/c1-3-4-9(2,8(13)14)12-17(15,16)7-5-10-6-11-7/h5-6,12H,3-4H2,1-2H3,(H,10,11)(H,13,14). The van der Waals surface area contributed by atoms with E-state index in [-0.39, 0.29) is 11.4 Å². The smallest absolute Gasteiger partial charge is 0.324 e. The Balaban J connectivity index is 3.00. The van der Waals surface area contributed by atoms with E-state index in [1.807, 2.05) is 0 Å². The average Bonchev–Trinajstić information content (AvgIpc) is 2.69. The number of aliphatic carboxylic acids is 1. The van der Waals surface area contributed by atoms with Gasteiger partial charge < -0.3 is 10.1 Å². The van der Waals surface area contributed by atoms with Crippen LogP contribution in [0.1, 0.15) is 26.7 Å². The van der Waals surface area contributed by atoms with Gasteiger partial charge in [0.15, 0.2) is 5.03 Å². The van der Waals surface area contributed by atoms with Gasteiger partial charge in [0, 0.05) is 0 Å². The summed E-state index contributed by atoms with van der Waals surface area (Å²) in [5.41, 5.74) is -1.52. The molecule has 8 heteroatoms. The number of aromatic nitrogens is 2. The summed E-state index contributed by atoms with van der Waals surface area (Å²) in [6.07, 6.45) is 3.09. The Kier molecular flexibility index (Phi) is 3.89. The van der Waals surface area contributed by atoms with E-state index in [1.165, 1.54) is 13.3 Å². The first-order valence-electron chi connectivity index (χ1n) is 5.07. The number of rotatable bonds is 6. The predicted molar refractivity (Wildman–Crippen MR) is 59.9 cm³/mol. The molecule has 1 atom stereocenters. The normalized spacial score (nSPS) is 15.4. The maximum Gasteiger partial charge on any atom is 0.324 e. The molecule has 0 bridgehead atoms. The largest absolute Gasteiger partial charge is 0.480 e. The van der Waals surface area contributed by atoms with Crippen LogP contribution in [0.5, 0.6) is 0 Å². The average molecular weight is 261 g/mol. The van der Waals surface area contributed by atoms with Gasteiger partial charge in [-0.15, -0.1) is 0 Å². The second-order valence-corrected chi connectivity index (χ2v) is 5.56. The van der Waals surface area contributed by atoms with Crippen LogP contribution in [0, 0.1) is 0 Å². The van der Waals surface area contributed by atoms with Gasteiger partial charge in [0.1, 0.15) is 5.54 Å². The Bertz CT molecular complexity index is 482. The Morgan fingerprint density at radius 3 is 2.71 bits per heavy atom. The van der Waals surface area contributed by atoms with E-state index in [2.05, 4.69) is 14.7 Å². The molecule has 1 unspecified atom stereocenters. The van der Waals surface area contributed by atoms with Gasteiger partial charge in [-0.2, -0.15) is 4.72 Å². The summed E-state index contributed by atoms with van der Waals surface area (Å²) in [5, 5.41) is 8.92. The molecule has 0 spiro atoms. The van der Waals surface area contributed by atoms with Crippen molar-refractivity contribution in [2.24, 2.45) is 0 Å². The number of sulfonamides is 1. The van der Waals surface area contributed by atoms with Crippen LogP contribution in [0.15, 0.2) is 17.6 Å². The molecule has 1 rings (SSSR count). The Morgan fingerprint density at radius 2 is 2.29 bits per heavy atom. The fourth-order valence-corrected chi connectivity index (χ4v) is 2.74. The van der Waals surface area contributed by atoms with Gasteiger partial charge in [-0.3, -0.25) is 4.79 Å². The monoisotopic (exact) mass is 261 g/mol. The van der Waals surface area contributed by atoms with Gasteiger partial charge in [-0.1, -0.05) is 13.3 Å². The van der Waals surface area contributed by atoms with Crippen molar-refractivity contribution in [3.63, 3.8) is 0 Å². The van der Waals surface area contributed by atoms with Crippen molar-refractivity contribution in [1.29, 1.82) is 0 Å². The number of hydrogen-bond donors (Lipinski definition) is 3. The molecule has 0 aliphatic rings. The summed E-state index contributed by atoms with van der Waals surface area (Å²) >= 11 is 0. The first kappa shape index (κ1) is 13.7. The van der Waals surface area contributed by atoms with Crippen molar-refractivity contribution in [3.05, 3.63) is 12.5 Å². The third-order valence-corrected chi connectivity index (χ3v) is 3.87. The number of imidazole rings is 1. The van der Waals surface area contributed by atoms with Crippen LogP contribution < -0.4 is 4.72 Å². The van der Waals surface area contributed by atoms with Gasteiger partial charge in [-0.25, -0.2) is 13.4 Å². The summed E-state index contributed by atoms with van der Waals surface area (Å²) in [4.78, 5) is 17.1. The van der Waals surface area contributed by atoms with Crippen LogP contribution in [0.4, 0.5) is 0 Å². The first-order chi connectivity index (χ1) is 7.82. The van der Waals surface area contributed by atoms with Crippen LogP contribution in [-0.2, 0) is 14.8 Å². The molecule has 0 saturated heterocycles. The molecule has 0 aromatic carbocycles. The number of carboxylic acids is 1. The molecule has 17 heavy (non-hydrogen) atoms. The number of carboxylic acid groups (broad SMARTS) is 1. The number of nitrogens with zero attached hydrogens (tertiary/aromatic N) is 1. The minimum Gasteiger partial charge on any atom is -0.480 e. The molecule has 7 nitrogen and oxygen atoms in total. The zero-order chi connectivity index (χ0) is 13.1. The minimum absolute atomic E-state index is 0.152. The van der Waals surface area contributed by atoms with Crippen molar-refractivity contribution in [2.45, 2.75) is 37.3 Å². The zero-order valence-electron chi connectivity index (χ0n) is 9.60. The Labute approximate surface area is 99.3 Å². The lowest BCUT2D eigenvalue weighted by Crippen LogP contribution is -2.52. The van der Waals surface area contributed by atoms with Crippen molar-refractivity contribution in [1.82, 2.24) is 14.7 Å². The minimum atomic E-state index is -3.89. The molecule has 0 aliphatic carbocycles. The van der Waals surface area contributed by atoms with E-state index < -0.39 is 21.5 Å². The van der Waals surface area contributed by atoms with E-state index in [4.69, 9.17) is 5.11 Å². The summed E-state index contributed by atoms with van der Waals surface area (Å²) in [6, 6.07) is 0. The van der Waals surface area contributed by atoms with Crippen molar-refractivity contribution in [3.8, 4) is 0 Å². The van der Waals surface area contributed by atoms with Crippen LogP contribution in [-0.4, -0.2) is 35.0 Å². The Morgan fingerprint density at radius 1 is 1.65 bits per heavy atom. The molecule has 1 heterocycles. The lowest BCUT2D eigenvalue weighted by atomic mass is 9.98. The summed E-state index contributed by atoms with van der Waals surface area (Å²) in [7, 11) is -3.89. The third-order valence-electron chi connectivity index (χ3n) is 2.34. The first-order valence-corrected chi connectivity index (χ1v) is 6.56. The van der Waals surface area contributed by atoms with Gasteiger partial charge in [0.05, 0.1) is 12.5 Å². The lowest BCUT2D eigenvalue weighted by molar-refractivity contribution is -0.143. The van der Waals surface area contributed by atoms with Gasteiger partial charge in [0.25, 0.3) is 10.0 Å². The lowest BCUT2D eigenvalue weighted by Gasteiger charge is -2.24. The van der Waals surface area contributed by atoms with Crippen LogP contribution in [0.3, 0.4) is 0 Å². The highest BCUT2D eigenvalue weighted by molar-refractivity contribution is 7.89. The fraction of sp³-hybridized carbons (Fsp3) is 0.556. The molecule has 0 aliphatic heterocycles. The maximum absolute atomic E-state index is 11.8. The van der Waals surface area contributed by atoms with Gasteiger partial charge >= 0.3 is 5.97 Å². The van der Waals surface area contributed by atoms with E-state index >= 15 is 0 Å². The molecule has 0 fully saturated rings. The molecule has 1 aromatic rings. The summed E-state index contributed by atoms with van der Waals surface area (Å²) in [6.45, 7) is 3.12. The molecule has 1 aromatic heterocycles. The predicted octanol–water partition coefficient (Wildman–Crippen LogP) is 0.331. The van der Waals surface area contributed by atoms with Crippen molar-refractivity contribution < 1.29 is 18.3 Å². The molecule has 96 valence electrons. The topological polar surface area (TPSA) is 112 Å².